The molecule has 0 aromatic carbocycles. The van der Waals surface area contributed by atoms with Gasteiger partial charge in [-0.3, -0.25) is 4.98 Å². The lowest BCUT2D eigenvalue weighted by molar-refractivity contribution is 1.33. The zero-order chi connectivity index (χ0) is 7.78. The van der Waals surface area contributed by atoms with E-state index in [1.807, 2.05) is 18.2 Å². The maximum atomic E-state index is 3.78. The third-order valence-corrected chi connectivity index (χ3v) is 1.28. The molecule has 4 heteroatoms. The van der Waals surface area contributed by atoms with Crippen LogP contribution in [0.4, 0.5) is 0 Å². The minimum atomic E-state index is 1.21. The summed E-state index contributed by atoms with van der Waals surface area (Å²) in [7, 11) is 0. The van der Waals surface area contributed by atoms with Crippen LogP contribution in [0.3, 0.4) is 0 Å². The second kappa shape index (κ2) is 5.49. The van der Waals surface area contributed by atoms with Gasteiger partial charge in [0.05, 0.1) is 24.1 Å². The highest BCUT2D eigenvalue weighted by molar-refractivity contribution is 6.98. The van der Waals surface area contributed by atoms with E-state index in [4.69, 9.17) is 0 Å². The summed E-state index contributed by atoms with van der Waals surface area (Å²) in [6.45, 7) is 0. The number of aromatic nitrogens is 3. The molecule has 0 saturated carbocycles. The van der Waals surface area contributed by atoms with Crippen LogP contribution in [-0.4, -0.2) is 13.7 Å². The third-order valence-electron chi connectivity index (χ3n) is 0.849. The van der Waals surface area contributed by atoms with E-state index >= 15 is 0 Å². The first-order valence-corrected chi connectivity index (χ1v) is 3.79. The minimum absolute atomic E-state index is 1.21. The van der Waals surface area contributed by atoms with Crippen molar-refractivity contribution >= 4 is 11.7 Å². The van der Waals surface area contributed by atoms with E-state index in [0.717, 1.165) is 0 Å². The van der Waals surface area contributed by atoms with E-state index in [1.165, 1.54) is 11.7 Å². The molecule has 11 heavy (non-hydrogen) atoms. The summed E-state index contributed by atoms with van der Waals surface area (Å²) in [5.41, 5.74) is 0. The Hall–Kier alpha value is -1.29. The van der Waals surface area contributed by atoms with E-state index in [9.17, 15) is 0 Å². The number of hydrogen-bond acceptors (Lipinski definition) is 4. The Balaban J connectivity index is 0.000000112. The van der Waals surface area contributed by atoms with Gasteiger partial charge < -0.3 is 0 Å². The molecule has 2 aromatic rings. The average Bonchev–Trinajstić information content (AvgIpc) is 2.64. The van der Waals surface area contributed by atoms with Gasteiger partial charge in [-0.25, -0.2) is 0 Å². The van der Waals surface area contributed by atoms with Crippen molar-refractivity contribution in [3.63, 3.8) is 0 Å². The van der Waals surface area contributed by atoms with Crippen molar-refractivity contribution in [2.45, 2.75) is 0 Å². The van der Waals surface area contributed by atoms with Gasteiger partial charge in [0, 0.05) is 12.4 Å². The van der Waals surface area contributed by atoms with Gasteiger partial charge in [-0.1, -0.05) is 6.07 Å². The zero-order valence-corrected chi connectivity index (χ0v) is 6.61. The van der Waals surface area contributed by atoms with Crippen LogP contribution in [0.5, 0.6) is 0 Å². The summed E-state index contributed by atoms with van der Waals surface area (Å²) in [5, 5.41) is 0. The lowest BCUT2D eigenvalue weighted by Gasteiger charge is -1.70. The molecule has 0 fully saturated rings. The maximum Gasteiger partial charge on any atom is 0.0679 e. The normalized spacial score (nSPS) is 8.00. The van der Waals surface area contributed by atoms with Gasteiger partial charge in [-0.15, -0.1) is 0 Å². The van der Waals surface area contributed by atoms with Crippen LogP contribution in [-0.2, 0) is 0 Å². The molecule has 3 nitrogen and oxygen atoms in total. The molecule has 0 saturated heterocycles. The lowest BCUT2D eigenvalue weighted by atomic mass is 10.5. The smallest absolute Gasteiger partial charge is 0.0679 e. The second-order valence-electron chi connectivity index (χ2n) is 1.62. The molecule has 0 unspecified atom stereocenters. The minimum Gasteiger partial charge on any atom is -0.265 e. The molecular formula is C7H7N3S. The molecule has 0 radical (unpaired) electrons. The highest BCUT2D eigenvalue weighted by Gasteiger charge is 1.61. The van der Waals surface area contributed by atoms with Gasteiger partial charge >= 0.3 is 0 Å². The van der Waals surface area contributed by atoms with Gasteiger partial charge in [0.2, 0.25) is 0 Å². The number of hydrogen-bond donors (Lipinski definition) is 0. The number of pyridine rings is 1. The summed E-state index contributed by atoms with van der Waals surface area (Å²) in [4.78, 5) is 3.78. The Bertz CT molecular complexity index is 200. The number of rotatable bonds is 0. The Morgan fingerprint density at radius 2 is 1.36 bits per heavy atom. The first-order valence-electron chi connectivity index (χ1n) is 3.06. The summed E-state index contributed by atoms with van der Waals surface area (Å²) < 4.78 is 7.31. The zero-order valence-electron chi connectivity index (χ0n) is 5.79. The van der Waals surface area contributed by atoms with Crippen LogP contribution < -0.4 is 0 Å². The van der Waals surface area contributed by atoms with Gasteiger partial charge in [-0.2, -0.15) is 8.75 Å². The van der Waals surface area contributed by atoms with E-state index in [-0.39, 0.29) is 0 Å². The Morgan fingerprint density at radius 1 is 0.727 bits per heavy atom. The van der Waals surface area contributed by atoms with Gasteiger partial charge in [0.25, 0.3) is 0 Å². The largest absolute Gasteiger partial charge is 0.265 e. The third kappa shape index (κ3) is 4.16. The first kappa shape index (κ1) is 7.81. The van der Waals surface area contributed by atoms with Crippen LogP contribution in [0.15, 0.2) is 43.0 Å². The molecule has 0 aliphatic carbocycles. The van der Waals surface area contributed by atoms with Crippen LogP contribution >= 0.6 is 11.7 Å². The van der Waals surface area contributed by atoms with Crippen LogP contribution in [0.25, 0.3) is 0 Å². The van der Waals surface area contributed by atoms with E-state index in [1.54, 1.807) is 24.8 Å². The Morgan fingerprint density at radius 3 is 1.55 bits per heavy atom. The van der Waals surface area contributed by atoms with Crippen molar-refractivity contribution in [1.29, 1.82) is 0 Å². The summed E-state index contributed by atoms with van der Waals surface area (Å²) in [5.74, 6) is 0. The first-order chi connectivity index (χ1) is 5.50. The molecular weight excluding hydrogens is 158 g/mol. The fourth-order valence-corrected chi connectivity index (χ4v) is 0.721. The van der Waals surface area contributed by atoms with Crippen LogP contribution in [0.2, 0.25) is 0 Å². The van der Waals surface area contributed by atoms with Crippen molar-refractivity contribution in [2.24, 2.45) is 0 Å². The number of nitrogens with zero attached hydrogens (tertiary/aromatic N) is 3. The molecule has 0 amide bonds. The molecule has 2 rings (SSSR count). The van der Waals surface area contributed by atoms with Gasteiger partial charge in [0.15, 0.2) is 0 Å². The fourth-order valence-electron chi connectivity index (χ4n) is 0.449. The monoisotopic (exact) mass is 165 g/mol. The van der Waals surface area contributed by atoms with Gasteiger partial charge in [-0.05, 0) is 12.1 Å². The van der Waals surface area contributed by atoms with Crippen molar-refractivity contribution in [1.82, 2.24) is 13.7 Å². The molecule has 0 aliphatic rings. The standard InChI is InChI=1S/C5H5N.C2H2N2S/c1-2-4-6-5-3-1;1-2-4-5-3-1/h1-5H;1-2H. The van der Waals surface area contributed by atoms with E-state index in [2.05, 4.69) is 13.7 Å². The Kier molecular flexibility index (Phi) is 3.90. The average molecular weight is 165 g/mol. The highest BCUT2D eigenvalue weighted by Crippen LogP contribution is 1.74. The van der Waals surface area contributed by atoms with Crippen molar-refractivity contribution in [3.8, 4) is 0 Å². The van der Waals surface area contributed by atoms with Crippen molar-refractivity contribution in [3.05, 3.63) is 43.0 Å². The van der Waals surface area contributed by atoms with E-state index < -0.39 is 0 Å². The van der Waals surface area contributed by atoms with Crippen LogP contribution in [0, 0.1) is 0 Å². The van der Waals surface area contributed by atoms with Crippen molar-refractivity contribution < 1.29 is 0 Å². The summed E-state index contributed by atoms with van der Waals surface area (Å²) >= 11 is 1.21. The molecule has 2 aromatic heterocycles. The quantitative estimate of drug-likeness (QED) is 0.595. The lowest BCUT2D eigenvalue weighted by Crippen LogP contribution is -1.58. The van der Waals surface area contributed by atoms with Crippen LogP contribution in [0.1, 0.15) is 0 Å². The molecule has 0 aliphatic heterocycles. The molecule has 2 heterocycles. The molecule has 0 N–H and O–H groups in total. The molecule has 0 spiro atoms. The maximum absolute atomic E-state index is 3.78. The van der Waals surface area contributed by atoms with Crippen molar-refractivity contribution in [2.75, 3.05) is 0 Å². The predicted octanol–water partition coefficient (Wildman–Crippen LogP) is 1.62. The predicted molar refractivity (Wildman–Crippen MR) is 44.1 cm³/mol. The molecule has 0 atom stereocenters. The summed E-state index contributed by atoms with van der Waals surface area (Å²) in [6.07, 6.45) is 6.81. The molecule has 0 bridgehead atoms. The summed E-state index contributed by atoms with van der Waals surface area (Å²) in [6, 6.07) is 5.72. The fraction of sp³-hybridized carbons (Fsp3) is 0. The van der Waals surface area contributed by atoms with Gasteiger partial charge in [0.1, 0.15) is 0 Å². The van der Waals surface area contributed by atoms with E-state index in [0.29, 0.717) is 0 Å². The molecule has 56 valence electrons. The second-order valence-corrected chi connectivity index (χ2v) is 2.20. The Labute approximate surface area is 69.1 Å². The SMILES string of the molecule is c1ccncc1.c1cnsn1. The topological polar surface area (TPSA) is 38.7 Å². The highest BCUT2D eigenvalue weighted by atomic mass is 32.1.